The molecule has 0 saturated heterocycles. The Hall–Kier alpha value is -2.36. The van der Waals surface area contributed by atoms with Gasteiger partial charge in [-0.15, -0.1) is 0 Å². The summed E-state index contributed by atoms with van der Waals surface area (Å²) in [5.74, 6) is 0.520. The Morgan fingerprint density at radius 3 is 2.76 bits per heavy atom. The lowest BCUT2D eigenvalue weighted by molar-refractivity contribution is 0.476. The molecule has 2 aromatic rings. The molecule has 6 nitrogen and oxygen atoms in total. The van der Waals surface area contributed by atoms with Crippen LogP contribution in [0.25, 0.3) is 11.4 Å². The van der Waals surface area contributed by atoms with Crippen LogP contribution in [0.5, 0.6) is 5.75 Å². The number of nitrogens with two attached hydrogens (primary N) is 2. The molecule has 0 radical (unpaired) electrons. The first-order chi connectivity index (χ1) is 12.0. The van der Waals surface area contributed by atoms with E-state index in [0.717, 1.165) is 32.1 Å². The smallest absolute Gasteiger partial charge is 0.165 e. The van der Waals surface area contributed by atoms with Crippen LogP contribution in [-0.2, 0) is 0 Å². The van der Waals surface area contributed by atoms with E-state index in [2.05, 4.69) is 16.0 Å². The molecule has 0 amide bonds. The maximum atomic E-state index is 10.1. The van der Waals surface area contributed by atoms with Crippen LogP contribution in [-0.4, -0.2) is 21.1 Å². The van der Waals surface area contributed by atoms with E-state index in [1.807, 2.05) is 0 Å². The van der Waals surface area contributed by atoms with Gasteiger partial charge in [0, 0.05) is 17.0 Å². The Bertz CT molecular complexity index is 833. The lowest BCUT2D eigenvalue weighted by atomic mass is 9.93. The molecule has 1 heterocycles. The summed E-state index contributed by atoms with van der Waals surface area (Å²) in [6, 6.07) is 6.97. The van der Waals surface area contributed by atoms with Crippen LogP contribution in [0.15, 0.2) is 18.2 Å². The minimum absolute atomic E-state index is 0.0161. The third-order valence-corrected chi connectivity index (χ3v) is 4.91. The number of phenols is 1. The number of aromatic hydroxyl groups is 1. The molecular formula is C18H20ClN5O. The number of nitriles is 1. The van der Waals surface area contributed by atoms with E-state index in [1.165, 1.54) is 6.07 Å². The average molecular weight is 358 g/mol. The van der Waals surface area contributed by atoms with Gasteiger partial charge in [-0.05, 0) is 43.9 Å². The van der Waals surface area contributed by atoms with Crippen LogP contribution in [0.4, 0.5) is 5.82 Å². The number of halogens is 1. The number of aromatic nitrogens is 2. The van der Waals surface area contributed by atoms with Crippen molar-refractivity contribution in [2.45, 2.75) is 44.1 Å². The maximum absolute atomic E-state index is 10.1. The van der Waals surface area contributed by atoms with Gasteiger partial charge in [0.1, 0.15) is 23.2 Å². The summed E-state index contributed by atoms with van der Waals surface area (Å²) in [6.45, 7) is 0. The minimum Gasteiger partial charge on any atom is -0.507 e. The first-order valence-corrected chi connectivity index (χ1v) is 8.69. The molecule has 1 aliphatic carbocycles. The van der Waals surface area contributed by atoms with Crippen molar-refractivity contribution < 1.29 is 5.11 Å². The van der Waals surface area contributed by atoms with Gasteiger partial charge in [-0.1, -0.05) is 18.0 Å². The molecule has 1 saturated carbocycles. The fraction of sp³-hybridized carbons (Fsp3) is 0.389. The van der Waals surface area contributed by atoms with Crippen LogP contribution in [0.1, 0.15) is 49.3 Å². The fourth-order valence-corrected chi connectivity index (χ4v) is 3.49. The third-order valence-electron chi connectivity index (χ3n) is 4.68. The Morgan fingerprint density at radius 1 is 1.20 bits per heavy atom. The molecular weight excluding hydrogens is 338 g/mol. The van der Waals surface area contributed by atoms with Gasteiger partial charge in [-0.3, -0.25) is 0 Å². The SMILES string of the molecule is N#Cc1c(N)nc(-c2cc(Cl)ccc2O)nc1C1CCCC(N)CC1. The number of rotatable bonds is 2. The lowest BCUT2D eigenvalue weighted by Gasteiger charge is -2.17. The normalized spacial score (nSPS) is 20.7. The molecule has 0 bridgehead atoms. The summed E-state index contributed by atoms with van der Waals surface area (Å²) in [4.78, 5) is 8.80. The van der Waals surface area contributed by atoms with Crippen molar-refractivity contribution >= 4 is 17.4 Å². The lowest BCUT2D eigenvalue weighted by Crippen LogP contribution is -2.18. The Kier molecular flexibility index (Phi) is 5.07. The van der Waals surface area contributed by atoms with Crippen LogP contribution in [0.2, 0.25) is 5.02 Å². The van der Waals surface area contributed by atoms with Gasteiger partial charge < -0.3 is 16.6 Å². The van der Waals surface area contributed by atoms with E-state index in [-0.39, 0.29) is 29.4 Å². The topological polar surface area (TPSA) is 122 Å². The highest BCUT2D eigenvalue weighted by Crippen LogP contribution is 2.36. The number of phenolic OH excluding ortho intramolecular Hbond substituents is 1. The van der Waals surface area contributed by atoms with E-state index in [0.29, 0.717) is 21.8 Å². The Balaban J connectivity index is 2.10. The van der Waals surface area contributed by atoms with Crippen molar-refractivity contribution in [2.24, 2.45) is 5.73 Å². The van der Waals surface area contributed by atoms with Gasteiger partial charge in [0.05, 0.1) is 11.3 Å². The number of hydrogen-bond donors (Lipinski definition) is 3. The summed E-state index contributed by atoms with van der Waals surface area (Å²) in [5, 5.41) is 20.1. The molecule has 25 heavy (non-hydrogen) atoms. The molecule has 0 aliphatic heterocycles. The second-order valence-corrected chi connectivity index (χ2v) is 6.87. The second-order valence-electron chi connectivity index (χ2n) is 6.43. The summed E-state index contributed by atoms with van der Waals surface area (Å²) < 4.78 is 0. The standard InChI is InChI=1S/C18H20ClN5O/c19-11-5-7-15(25)13(8-11)18-23-16(14(9-20)17(22)24-18)10-2-1-3-12(21)6-4-10/h5,7-8,10,12,25H,1-4,6,21H2,(H2,22,23,24). The summed E-state index contributed by atoms with van der Waals surface area (Å²) in [7, 11) is 0. The van der Waals surface area contributed by atoms with Crippen LogP contribution < -0.4 is 11.5 Å². The minimum atomic E-state index is 0.0161. The predicted octanol–water partition coefficient (Wildman–Crippen LogP) is 3.33. The molecule has 1 aromatic carbocycles. The zero-order valence-corrected chi connectivity index (χ0v) is 14.5. The average Bonchev–Trinajstić information content (AvgIpc) is 2.81. The number of nitrogens with zero attached hydrogens (tertiary/aromatic N) is 3. The highest BCUT2D eigenvalue weighted by Gasteiger charge is 2.25. The number of hydrogen-bond acceptors (Lipinski definition) is 6. The fourth-order valence-electron chi connectivity index (χ4n) is 3.32. The number of nitrogen functional groups attached to an aromatic ring is 1. The third kappa shape index (κ3) is 3.68. The van der Waals surface area contributed by atoms with E-state index in [9.17, 15) is 10.4 Å². The van der Waals surface area contributed by atoms with Crippen LogP contribution >= 0.6 is 11.6 Å². The van der Waals surface area contributed by atoms with Crippen molar-refractivity contribution in [3.63, 3.8) is 0 Å². The largest absolute Gasteiger partial charge is 0.507 e. The maximum Gasteiger partial charge on any atom is 0.165 e. The van der Waals surface area contributed by atoms with Gasteiger partial charge in [0.2, 0.25) is 0 Å². The summed E-state index contributed by atoms with van der Waals surface area (Å²) in [6.07, 6.45) is 4.60. The van der Waals surface area contributed by atoms with Gasteiger partial charge in [0.15, 0.2) is 5.82 Å². The highest BCUT2D eigenvalue weighted by molar-refractivity contribution is 6.30. The van der Waals surface area contributed by atoms with Crippen molar-refractivity contribution in [1.82, 2.24) is 9.97 Å². The zero-order chi connectivity index (χ0) is 18.0. The summed E-state index contributed by atoms with van der Waals surface area (Å²) in [5.41, 5.74) is 13.4. The number of benzene rings is 1. The van der Waals surface area contributed by atoms with Gasteiger partial charge >= 0.3 is 0 Å². The molecule has 130 valence electrons. The second kappa shape index (κ2) is 7.26. The molecule has 5 N–H and O–H groups in total. The zero-order valence-electron chi connectivity index (χ0n) is 13.7. The highest BCUT2D eigenvalue weighted by atomic mass is 35.5. The number of anilines is 1. The van der Waals surface area contributed by atoms with E-state index in [1.54, 1.807) is 12.1 Å². The van der Waals surface area contributed by atoms with Crippen molar-refractivity contribution in [2.75, 3.05) is 5.73 Å². The van der Waals surface area contributed by atoms with Crippen LogP contribution in [0, 0.1) is 11.3 Å². The molecule has 3 rings (SSSR count). The van der Waals surface area contributed by atoms with Crippen LogP contribution in [0.3, 0.4) is 0 Å². The van der Waals surface area contributed by atoms with Gasteiger partial charge in [0.25, 0.3) is 0 Å². The molecule has 0 spiro atoms. The molecule has 1 fully saturated rings. The van der Waals surface area contributed by atoms with Gasteiger partial charge in [-0.2, -0.15) is 5.26 Å². The first-order valence-electron chi connectivity index (χ1n) is 8.31. The molecule has 2 atom stereocenters. The van der Waals surface area contributed by atoms with E-state index < -0.39 is 0 Å². The summed E-state index contributed by atoms with van der Waals surface area (Å²) >= 11 is 6.03. The van der Waals surface area contributed by atoms with Crippen molar-refractivity contribution in [3.05, 3.63) is 34.5 Å². The van der Waals surface area contributed by atoms with Crippen molar-refractivity contribution in [1.29, 1.82) is 5.26 Å². The molecule has 2 unspecified atom stereocenters. The quantitative estimate of drug-likeness (QED) is 0.708. The van der Waals surface area contributed by atoms with E-state index >= 15 is 0 Å². The molecule has 1 aliphatic rings. The van der Waals surface area contributed by atoms with Crippen molar-refractivity contribution in [3.8, 4) is 23.2 Å². The molecule has 1 aromatic heterocycles. The monoisotopic (exact) mass is 357 g/mol. The first kappa shape index (κ1) is 17.5. The Morgan fingerprint density at radius 2 is 2.00 bits per heavy atom. The Labute approximate surface area is 151 Å². The van der Waals surface area contributed by atoms with Gasteiger partial charge in [-0.25, -0.2) is 9.97 Å². The molecule has 7 heteroatoms. The predicted molar refractivity (Wildman–Crippen MR) is 97.1 cm³/mol. The van der Waals surface area contributed by atoms with E-state index in [4.69, 9.17) is 23.1 Å².